The van der Waals surface area contributed by atoms with Crippen molar-refractivity contribution >= 4 is 5.91 Å². The molecule has 1 aliphatic carbocycles. The van der Waals surface area contributed by atoms with Crippen LogP contribution in [0.3, 0.4) is 0 Å². The standard InChI is InChI=1S/C11H18N2O/c1-2-4-10(7-12)11(14)13-8-9-5-3-6-9/h9-10H,2-6,8H2,1H3,(H,13,14). The molecule has 0 radical (unpaired) electrons. The van der Waals surface area contributed by atoms with Gasteiger partial charge in [-0.3, -0.25) is 4.79 Å². The van der Waals surface area contributed by atoms with Gasteiger partial charge in [-0.05, 0) is 25.2 Å². The minimum absolute atomic E-state index is 0.0822. The van der Waals surface area contributed by atoms with Crippen molar-refractivity contribution in [1.82, 2.24) is 5.32 Å². The highest BCUT2D eigenvalue weighted by molar-refractivity contribution is 5.80. The van der Waals surface area contributed by atoms with Gasteiger partial charge in [0.05, 0.1) is 6.07 Å². The van der Waals surface area contributed by atoms with E-state index in [1.54, 1.807) is 0 Å². The van der Waals surface area contributed by atoms with E-state index in [0.29, 0.717) is 12.3 Å². The minimum Gasteiger partial charge on any atom is -0.355 e. The van der Waals surface area contributed by atoms with Crippen LogP contribution in [0, 0.1) is 23.2 Å². The van der Waals surface area contributed by atoms with Crippen molar-refractivity contribution in [2.75, 3.05) is 6.54 Å². The third-order valence-corrected chi connectivity index (χ3v) is 2.84. The zero-order chi connectivity index (χ0) is 10.4. The van der Waals surface area contributed by atoms with Crippen molar-refractivity contribution in [2.24, 2.45) is 11.8 Å². The molecule has 1 rings (SSSR count). The number of rotatable bonds is 5. The number of hydrogen-bond donors (Lipinski definition) is 1. The van der Waals surface area contributed by atoms with Gasteiger partial charge >= 0.3 is 0 Å². The largest absolute Gasteiger partial charge is 0.355 e. The van der Waals surface area contributed by atoms with Gasteiger partial charge < -0.3 is 5.32 Å². The third kappa shape index (κ3) is 3.02. The molecule has 14 heavy (non-hydrogen) atoms. The van der Waals surface area contributed by atoms with Gasteiger partial charge in [0, 0.05) is 6.54 Å². The fraction of sp³-hybridized carbons (Fsp3) is 0.818. The molecule has 0 heterocycles. The highest BCUT2D eigenvalue weighted by atomic mass is 16.1. The van der Waals surface area contributed by atoms with Gasteiger partial charge in [-0.1, -0.05) is 19.8 Å². The monoisotopic (exact) mass is 194 g/mol. The van der Waals surface area contributed by atoms with Crippen molar-refractivity contribution in [1.29, 1.82) is 5.26 Å². The van der Waals surface area contributed by atoms with Crippen LogP contribution < -0.4 is 5.32 Å². The topological polar surface area (TPSA) is 52.9 Å². The molecular formula is C11H18N2O. The van der Waals surface area contributed by atoms with Crippen LogP contribution in [0.1, 0.15) is 39.0 Å². The molecule has 0 aliphatic heterocycles. The molecule has 0 saturated heterocycles. The zero-order valence-corrected chi connectivity index (χ0v) is 8.75. The Morgan fingerprint density at radius 2 is 2.36 bits per heavy atom. The van der Waals surface area contributed by atoms with E-state index < -0.39 is 5.92 Å². The Balaban J connectivity index is 2.21. The molecule has 1 N–H and O–H groups in total. The van der Waals surface area contributed by atoms with Crippen molar-refractivity contribution in [3.63, 3.8) is 0 Å². The first-order chi connectivity index (χ1) is 6.77. The average molecular weight is 194 g/mol. The Kier molecular flexibility index (Phi) is 4.45. The summed E-state index contributed by atoms with van der Waals surface area (Å²) in [5.41, 5.74) is 0. The van der Waals surface area contributed by atoms with Gasteiger partial charge in [0.25, 0.3) is 0 Å². The minimum atomic E-state index is -0.444. The molecule has 3 heteroatoms. The van der Waals surface area contributed by atoms with Crippen LogP contribution in [-0.4, -0.2) is 12.5 Å². The second-order valence-corrected chi connectivity index (χ2v) is 4.01. The van der Waals surface area contributed by atoms with Crippen LogP contribution in [0.15, 0.2) is 0 Å². The summed E-state index contributed by atoms with van der Waals surface area (Å²) in [6.07, 6.45) is 5.30. The van der Waals surface area contributed by atoms with Crippen molar-refractivity contribution in [3.05, 3.63) is 0 Å². The average Bonchev–Trinajstić information content (AvgIpc) is 2.11. The SMILES string of the molecule is CCCC(C#N)C(=O)NCC1CCC1. The van der Waals surface area contributed by atoms with Crippen LogP contribution >= 0.6 is 0 Å². The normalized spacial score (nSPS) is 18.0. The summed E-state index contributed by atoms with van der Waals surface area (Å²) in [7, 11) is 0. The van der Waals surface area contributed by atoms with Crippen LogP contribution in [0.25, 0.3) is 0 Å². The van der Waals surface area contributed by atoms with E-state index in [4.69, 9.17) is 5.26 Å². The lowest BCUT2D eigenvalue weighted by Gasteiger charge is -2.25. The first kappa shape index (κ1) is 11.0. The molecule has 0 bridgehead atoms. The van der Waals surface area contributed by atoms with Gasteiger partial charge in [0.15, 0.2) is 0 Å². The molecule has 78 valence electrons. The molecule has 1 atom stereocenters. The highest BCUT2D eigenvalue weighted by Crippen LogP contribution is 2.25. The number of nitrogens with zero attached hydrogens (tertiary/aromatic N) is 1. The molecule has 1 aliphatic rings. The Morgan fingerprint density at radius 1 is 1.64 bits per heavy atom. The summed E-state index contributed by atoms with van der Waals surface area (Å²) < 4.78 is 0. The summed E-state index contributed by atoms with van der Waals surface area (Å²) >= 11 is 0. The maximum Gasteiger partial charge on any atom is 0.237 e. The number of amides is 1. The second kappa shape index (κ2) is 5.64. The van der Waals surface area contributed by atoms with E-state index in [2.05, 4.69) is 11.4 Å². The maximum absolute atomic E-state index is 11.5. The third-order valence-electron chi connectivity index (χ3n) is 2.84. The van der Waals surface area contributed by atoms with Crippen molar-refractivity contribution in [3.8, 4) is 6.07 Å². The summed E-state index contributed by atoms with van der Waals surface area (Å²) in [5, 5.41) is 11.6. The van der Waals surface area contributed by atoms with Gasteiger partial charge in [0.1, 0.15) is 5.92 Å². The number of nitrogens with one attached hydrogen (secondary N) is 1. The fourth-order valence-corrected chi connectivity index (χ4v) is 1.61. The molecule has 1 unspecified atom stereocenters. The Morgan fingerprint density at radius 3 is 2.79 bits per heavy atom. The predicted molar refractivity (Wildman–Crippen MR) is 54.4 cm³/mol. The van der Waals surface area contributed by atoms with Crippen molar-refractivity contribution in [2.45, 2.75) is 39.0 Å². The number of carbonyl (C=O) groups excluding carboxylic acids is 1. The molecule has 1 amide bonds. The Bertz CT molecular complexity index is 228. The van der Waals surface area contributed by atoms with Crippen LogP contribution in [0.4, 0.5) is 0 Å². The van der Waals surface area contributed by atoms with E-state index >= 15 is 0 Å². The molecule has 3 nitrogen and oxygen atoms in total. The first-order valence-corrected chi connectivity index (χ1v) is 5.45. The predicted octanol–water partition coefficient (Wildman–Crippen LogP) is 1.84. The van der Waals surface area contributed by atoms with Gasteiger partial charge in [-0.25, -0.2) is 0 Å². The summed E-state index contributed by atoms with van der Waals surface area (Å²) in [6, 6.07) is 2.05. The number of hydrogen-bond acceptors (Lipinski definition) is 2. The highest BCUT2D eigenvalue weighted by Gasteiger charge is 2.21. The maximum atomic E-state index is 11.5. The van der Waals surface area contributed by atoms with Gasteiger partial charge in [0.2, 0.25) is 5.91 Å². The first-order valence-electron chi connectivity index (χ1n) is 5.45. The summed E-state index contributed by atoms with van der Waals surface area (Å²) in [6.45, 7) is 2.75. The molecule has 0 aromatic carbocycles. The summed E-state index contributed by atoms with van der Waals surface area (Å²) in [5.74, 6) is 0.140. The lowest BCUT2D eigenvalue weighted by Crippen LogP contribution is -2.35. The number of carbonyl (C=O) groups is 1. The van der Waals surface area contributed by atoms with Gasteiger partial charge in [-0.2, -0.15) is 5.26 Å². The van der Waals surface area contributed by atoms with E-state index in [1.807, 2.05) is 6.92 Å². The van der Waals surface area contributed by atoms with E-state index in [9.17, 15) is 4.79 Å². The smallest absolute Gasteiger partial charge is 0.237 e. The summed E-state index contributed by atoms with van der Waals surface area (Å²) in [4.78, 5) is 11.5. The zero-order valence-electron chi connectivity index (χ0n) is 8.75. The Hall–Kier alpha value is -1.04. The second-order valence-electron chi connectivity index (χ2n) is 4.01. The molecule has 0 spiro atoms. The Labute approximate surface area is 85.5 Å². The van der Waals surface area contributed by atoms with Gasteiger partial charge in [-0.15, -0.1) is 0 Å². The molecule has 0 aromatic rings. The van der Waals surface area contributed by atoms with Crippen LogP contribution in [-0.2, 0) is 4.79 Å². The lowest BCUT2D eigenvalue weighted by atomic mass is 9.85. The van der Waals surface area contributed by atoms with E-state index in [-0.39, 0.29) is 5.91 Å². The molecular weight excluding hydrogens is 176 g/mol. The molecule has 1 fully saturated rings. The lowest BCUT2D eigenvalue weighted by molar-refractivity contribution is -0.123. The fourth-order valence-electron chi connectivity index (χ4n) is 1.61. The molecule has 0 aromatic heterocycles. The van der Waals surface area contributed by atoms with Crippen molar-refractivity contribution < 1.29 is 4.79 Å². The van der Waals surface area contributed by atoms with Crippen LogP contribution in [0.5, 0.6) is 0 Å². The van der Waals surface area contributed by atoms with E-state index in [0.717, 1.165) is 13.0 Å². The van der Waals surface area contributed by atoms with E-state index in [1.165, 1.54) is 19.3 Å². The van der Waals surface area contributed by atoms with Crippen LogP contribution in [0.2, 0.25) is 0 Å². The number of nitriles is 1. The quantitative estimate of drug-likeness (QED) is 0.726. The molecule has 1 saturated carbocycles.